The van der Waals surface area contributed by atoms with E-state index in [0.29, 0.717) is 5.92 Å². The SMILES string of the molecule is CCCCCOc1ccc(C2CCC(C3CCC(C=CF)CC3)CC2)cc1. The fraction of sp³-hybridized carbons (Fsp3) is 0.680. The minimum atomic E-state index is 0.491. The van der Waals surface area contributed by atoms with Crippen molar-refractivity contribution in [2.24, 2.45) is 17.8 Å². The van der Waals surface area contributed by atoms with Gasteiger partial charge in [-0.2, -0.15) is 0 Å². The zero-order chi connectivity index (χ0) is 18.9. The second kappa shape index (κ2) is 10.9. The lowest BCUT2D eigenvalue weighted by Crippen LogP contribution is -2.25. The molecule has 2 aliphatic rings. The van der Waals surface area contributed by atoms with Crippen LogP contribution in [-0.2, 0) is 0 Å². The van der Waals surface area contributed by atoms with Crippen molar-refractivity contribution in [3.05, 3.63) is 42.2 Å². The van der Waals surface area contributed by atoms with E-state index in [1.54, 1.807) is 6.08 Å². The van der Waals surface area contributed by atoms with Gasteiger partial charge in [0.2, 0.25) is 0 Å². The smallest absolute Gasteiger partial charge is 0.119 e. The molecule has 0 saturated heterocycles. The second-order valence-electron chi connectivity index (χ2n) is 8.73. The number of ether oxygens (including phenoxy) is 1. The standard InChI is InChI=1S/C25H37FO/c1-2-3-4-19-27-25-15-13-24(14-16-25)23-11-9-22(10-12-23)21-7-5-20(6-8-21)17-18-26/h13-18,20-23H,2-12,19H2,1H3. The van der Waals surface area contributed by atoms with Crippen LogP contribution in [0.15, 0.2) is 36.7 Å². The van der Waals surface area contributed by atoms with Crippen molar-refractivity contribution < 1.29 is 9.13 Å². The van der Waals surface area contributed by atoms with Crippen molar-refractivity contribution in [2.75, 3.05) is 6.61 Å². The van der Waals surface area contributed by atoms with Crippen LogP contribution in [-0.4, -0.2) is 6.61 Å². The summed E-state index contributed by atoms with van der Waals surface area (Å²) in [6.07, 6.45) is 16.5. The Morgan fingerprint density at radius 3 is 2.11 bits per heavy atom. The molecule has 0 atom stereocenters. The lowest BCUT2D eigenvalue weighted by molar-refractivity contribution is 0.171. The number of benzene rings is 1. The maximum absolute atomic E-state index is 12.4. The zero-order valence-electron chi connectivity index (χ0n) is 17.0. The van der Waals surface area contributed by atoms with E-state index >= 15 is 0 Å². The van der Waals surface area contributed by atoms with Gasteiger partial charge in [0.1, 0.15) is 5.75 Å². The van der Waals surface area contributed by atoms with Gasteiger partial charge in [0, 0.05) is 0 Å². The molecule has 27 heavy (non-hydrogen) atoms. The second-order valence-corrected chi connectivity index (χ2v) is 8.73. The van der Waals surface area contributed by atoms with E-state index in [0.717, 1.165) is 42.9 Å². The van der Waals surface area contributed by atoms with Crippen molar-refractivity contribution in [3.8, 4) is 5.75 Å². The molecule has 0 N–H and O–H groups in total. The summed E-state index contributed by atoms with van der Waals surface area (Å²) in [4.78, 5) is 0. The van der Waals surface area contributed by atoms with Crippen LogP contribution in [0.5, 0.6) is 5.75 Å². The average Bonchev–Trinajstić information content (AvgIpc) is 2.73. The van der Waals surface area contributed by atoms with Gasteiger partial charge in [-0.25, -0.2) is 4.39 Å². The Morgan fingerprint density at radius 1 is 0.889 bits per heavy atom. The fourth-order valence-electron chi connectivity index (χ4n) is 5.21. The molecule has 0 radical (unpaired) electrons. The highest BCUT2D eigenvalue weighted by Crippen LogP contribution is 2.44. The number of allylic oxidation sites excluding steroid dienone is 1. The van der Waals surface area contributed by atoms with Crippen LogP contribution in [0.2, 0.25) is 0 Å². The Balaban J connectivity index is 1.41. The van der Waals surface area contributed by atoms with Crippen molar-refractivity contribution >= 4 is 0 Å². The normalized spacial score (nSPS) is 29.1. The van der Waals surface area contributed by atoms with E-state index in [1.165, 1.54) is 69.8 Å². The quantitative estimate of drug-likeness (QED) is 0.423. The molecule has 1 aromatic carbocycles. The summed E-state index contributed by atoms with van der Waals surface area (Å²) < 4.78 is 18.2. The van der Waals surface area contributed by atoms with Gasteiger partial charge in [0.25, 0.3) is 0 Å². The first-order chi connectivity index (χ1) is 13.3. The molecule has 3 rings (SSSR count). The Morgan fingerprint density at radius 2 is 1.52 bits per heavy atom. The van der Waals surface area contributed by atoms with E-state index in [2.05, 4.69) is 31.2 Å². The van der Waals surface area contributed by atoms with Crippen LogP contribution in [0.3, 0.4) is 0 Å². The van der Waals surface area contributed by atoms with Crippen LogP contribution in [0.4, 0.5) is 4.39 Å². The highest BCUT2D eigenvalue weighted by Gasteiger charge is 2.30. The summed E-state index contributed by atoms with van der Waals surface area (Å²) in [7, 11) is 0. The molecule has 0 spiro atoms. The van der Waals surface area contributed by atoms with E-state index < -0.39 is 0 Å². The van der Waals surface area contributed by atoms with Crippen molar-refractivity contribution in [1.29, 1.82) is 0 Å². The summed E-state index contributed by atoms with van der Waals surface area (Å²) >= 11 is 0. The predicted molar refractivity (Wildman–Crippen MR) is 112 cm³/mol. The Kier molecular flexibility index (Phi) is 8.23. The van der Waals surface area contributed by atoms with Gasteiger partial charge < -0.3 is 4.74 Å². The summed E-state index contributed by atoms with van der Waals surface area (Å²) in [6.45, 7) is 3.06. The molecule has 2 aliphatic carbocycles. The molecule has 1 nitrogen and oxygen atoms in total. The molecule has 0 bridgehead atoms. The first-order valence-corrected chi connectivity index (χ1v) is 11.3. The third kappa shape index (κ3) is 6.09. The minimum Gasteiger partial charge on any atom is -0.494 e. The molecule has 0 amide bonds. The molecule has 150 valence electrons. The Hall–Kier alpha value is -1.31. The summed E-state index contributed by atoms with van der Waals surface area (Å²) in [5.41, 5.74) is 1.49. The summed E-state index contributed by atoms with van der Waals surface area (Å²) in [6, 6.07) is 8.89. The maximum Gasteiger partial charge on any atom is 0.119 e. The number of unbranched alkanes of at least 4 members (excludes halogenated alkanes) is 2. The molecule has 2 heteroatoms. The van der Waals surface area contributed by atoms with E-state index in [4.69, 9.17) is 4.74 Å². The molecular formula is C25H37FO. The van der Waals surface area contributed by atoms with Crippen molar-refractivity contribution in [2.45, 2.75) is 83.5 Å². The molecule has 0 aliphatic heterocycles. The van der Waals surface area contributed by atoms with Gasteiger partial charge in [-0.15, -0.1) is 0 Å². The summed E-state index contributed by atoms with van der Waals surface area (Å²) in [5.74, 6) is 4.01. The van der Waals surface area contributed by atoms with Crippen LogP contribution >= 0.6 is 0 Å². The number of hydrogen-bond donors (Lipinski definition) is 0. The predicted octanol–water partition coefficient (Wildman–Crippen LogP) is 7.82. The van der Waals surface area contributed by atoms with Gasteiger partial charge in [0.15, 0.2) is 0 Å². The fourth-order valence-corrected chi connectivity index (χ4v) is 5.21. The lowest BCUT2D eigenvalue weighted by Gasteiger charge is -2.37. The topological polar surface area (TPSA) is 9.23 Å². The van der Waals surface area contributed by atoms with Gasteiger partial charge in [0.05, 0.1) is 12.9 Å². The van der Waals surface area contributed by atoms with Gasteiger partial charge in [-0.1, -0.05) is 38.0 Å². The zero-order valence-corrected chi connectivity index (χ0v) is 17.0. The highest BCUT2D eigenvalue weighted by atomic mass is 19.1. The molecule has 2 saturated carbocycles. The van der Waals surface area contributed by atoms with Gasteiger partial charge >= 0.3 is 0 Å². The highest BCUT2D eigenvalue weighted by molar-refractivity contribution is 5.29. The van der Waals surface area contributed by atoms with Crippen molar-refractivity contribution in [1.82, 2.24) is 0 Å². The van der Waals surface area contributed by atoms with Crippen LogP contribution in [0, 0.1) is 17.8 Å². The third-order valence-corrected chi connectivity index (χ3v) is 6.97. The lowest BCUT2D eigenvalue weighted by atomic mass is 9.68. The van der Waals surface area contributed by atoms with E-state index in [9.17, 15) is 4.39 Å². The molecule has 0 aromatic heterocycles. The molecular weight excluding hydrogens is 335 g/mol. The Bertz CT molecular complexity index is 548. The third-order valence-electron chi connectivity index (χ3n) is 6.97. The molecule has 1 aromatic rings. The minimum absolute atomic E-state index is 0.491. The average molecular weight is 373 g/mol. The van der Waals surface area contributed by atoms with E-state index in [-0.39, 0.29) is 0 Å². The van der Waals surface area contributed by atoms with Gasteiger partial charge in [-0.3, -0.25) is 0 Å². The first-order valence-electron chi connectivity index (χ1n) is 11.3. The molecule has 2 fully saturated rings. The van der Waals surface area contributed by atoms with Crippen molar-refractivity contribution in [3.63, 3.8) is 0 Å². The largest absolute Gasteiger partial charge is 0.494 e. The maximum atomic E-state index is 12.4. The monoisotopic (exact) mass is 372 g/mol. The van der Waals surface area contributed by atoms with Crippen LogP contribution in [0.1, 0.15) is 89.0 Å². The number of rotatable bonds is 8. The molecule has 0 unspecified atom stereocenters. The number of halogens is 1. The Labute approximate surface area is 165 Å². The summed E-state index contributed by atoms with van der Waals surface area (Å²) in [5, 5.41) is 0. The van der Waals surface area contributed by atoms with Gasteiger partial charge in [-0.05, 0) is 99.2 Å². The number of hydrogen-bond acceptors (Lipinski definition) is 1. The van der Waals surface area contributed by atoms with Crippen LogP contribution < -0.4 is 4.74 Å². The molecule has 0 heterocycles. The van der Waals surface area contributed by atoms with E-state index in [1.807, 2.05) is 0 Å². The van der Waals surface area contributed by atoms with Crippen LogP contribution in [0.25, 0.3) is 0 Å². The first kappa shape index (κ1) is 20.4.